The van der Waals surface area contributed by atoms with Gasteiger partial charge >= 0.3 is 11.9 Å². The molecular weight excluding hydrogens is 512 g/mol. The van der Waals surface area contributed by atoms with Crippen molar-refractivity contribution in [2.75, 3.05) is 0 Å². The number of alkyl halides is 1. The van der Waals surface area contributed by atoms with E-state index >= 15 is 0 Å². The van der Waals surface area contributed by atoms with Gasteiger partial charge in [0.2, 0.25) is 6.29 Å². The van der Waals surface area contributed by atoms with Crippen molar-refractivity contribution in [2.45, 2.75) is 11.3 Å². The topological polar surface area (TPSA) is 72.8 Å². The Labute approximate surface area is 162 Å². The molecule has 0 fully saturated rings. The van der Waals surface area contributed by atoms with E-state index in [4.69, 9.17) is 4.74 Å². The lowest BCUT2D eigenvalue weighted by Crippen LogP contribution is -1.95. The molecule has 2 aromatic carbocycles. The van der Waals surface area contributed by atoms with E-state index < -0.39 is 12.3 Å². The summed E-state index contributed by atoms with van der Waals surface area (Å²) in [5.74, 6) is -0.732. The van der Waals surface area contributed by atoms with Crippen LogP contribution in [0.3, 0.4) is 0 Å². The van der Waals surface area contributed by atoms with Crippen LogP contribution in [0.5, 0.6) is 0 Å². The quantitative estimate of drug-likeness (QED) is 0.405. The summed E-state index contributed by atoms with van der Waals surface area (Å²) in [5, 5.41) is 8.92. The number of esters is 2. The highest BCUT2D eigenvalue weighted by Gasteiger charge is 2.29. The number of carbonyl (C=O) groups is 2. The number of benzene rings is 2. The smallest absolute Gasteiger partial charge is 0.341 e. The summed E-state index contributed by atoms with van der Waals surface area (Å²) < 4.78 is 11.3. The van der Waals surface area contributed by atoms with Gasteiger partial charge in [-0.1, -0.05) is 31.9 Å². The SMILES string of the molecule is O=C1OC(Br)c2cc(Br)ccc21.O=C1OC(O)c2cc(Br)ccc21. The highest BCUT2D eigenvalue weighted by Crippen LogP contribution is 2.36. The minimum absolute atomic E-state index is 0.264. The zero-order valence-electron chi connectivity index (χ0n) is 11.8. The van der Waals surface area contributed by atoms with Gasteiger partial charge in [-0.05, 0) is 52.3 Å². The predicted octanol–water partition coefficient (Wildman–Crippen LogP) is 4.62. The maximum atomic E-state index is 11.1. The fourth-order valence-electron chi connectivity index (χ4n) is 2.28. The second-order valence-electron chi connectivity index (χ2n) is 4.94. The summed E-state index contributed by atoms with van der Waals surface area (Å²) in [6.45, 7) is 0. The molecule has 0 aromatic heterocycles. The summed E-state index contributed by atoms with van der Waals surface area (Å²) in [5.41, 5.74) is 2.48. The highest BCUT2D eigenvalue weighted by molar-refractivity contribution is 9.10. The van der Waals surface area contributed by atoms with E-state index in [9.17, 15) is 14.7 Å². The van der Waals surface area contributed by atoms with Crippen LogP contribution in [0.1, 0.15) is 43.1 Å². The van der Waals surface area contributed by atoms with Gasteiger partial charge in [0.25, 0.3) is 0 Å². The molecule has 0 saturated carbocycles. The van der Waals surface area contributed by atoms with Crippen LogP contribution >= 0.6 is 47.8 Å². The Morgan fingerprint density at radius 1 is 0.833 bits per heavy atom. The lowest BCUT2D eigenvalue weighted by molar-refractivity contribution is -0.0548. The fraction of sp³-hybridized carbons (Fsp3) is 0.125. The number of halogens is 3. The van der Waals surface area contributed by atoms with Crippen molar-refractivity contribution in [3.63, 3.8) is 0 Å². The summed E-state index contributed by atoms with van der Waals surface area (Å²) in [6, 6.07) is 10.5. The zero-order chi connectivity index (χ0) is 17.4. The normalized spacial score (nSPS) is 20.5. The molecule has 0 saturated heterocycles. The molecule has 2 aliphatic rings. The minimum Gasteiger partial charge on any atom is -0.442 e. The first kappa shape index (κ1) is 17.6. The van der Waals surface area contributed by atoms with Crippen molar-refractivity contribution < 1.29 is 24.2 Å². The molecule has 1 N–H and O–H groups in total. The van der Waals surface area contributed by atoms with Crippen LogP contribution in [0.2, 0.25) is 0 Å². The molecule has 0 bridgehead atoms. The highest BCUT2D eigenvalue weighted by atomic mass is 79.9. The van der Waals surface area contributed by atoms with E-state index in [1.54, 1.807) is 24.3 Å². The number of rotatable bonds is 0. The second-order valence-corrected chi connectivity index (χ2v) is 7.61. The Hall–Kier alpha value is -1.22. The van der Waals surface area contributed by atoms with Crippen molar-refractivity contribution in [3.05, 3.63) is 67.6 Å². The first-order chi connectivity index (χ1) is 11.4. The van der Waals surface area contributed by atoms with Crippen molar-refractivity contribution >= 4 is 59.7 Å². The van der Waals surface area contributed by atoms with E-state index in [0.717, 1.165) is 14.5 Å². The van der Waals surface area contributed by atoms with Crippen molar-refractivity contribution in [1.29, 1.82) is 0 Å². The molecule has 2 unspecified atom stereocenters. The van der Waals surface area contributed by atoms with Crippen LogP contribution in [0.25, 0.3) is 0 Å². The van der Waals surface area contributed by atoms with Gasteiger partial charge in [-0.25, -0.2) is 9.59 Å². The van der Waals surface area contributed by atoms with Gasteiger partial charge in [-0.15, -0.1) is 0 Å². The number of fused-ring (bicyclic) bond motifs is 2. The molecule has 8 heteroatoms. The molecule has 0 radical (unpaired) electrons. The molecule has 2 heterocycles. The van der Waals surface area contributed by atoms with E-state index in [1.807, 2.05) is 12.1 Å². The van der Waals surface area contributed by atoms with E-state index in [2.05, 4.69) is 52.5 Å². The molecule has 2 aliphatic heterocycles. The molecule has 0 spiro atoms. The van der Waals surface area contributed by atoms with Crippen molar-refractivity contribution in [1.82, 2.24) is 0 Å². The number of aliphatic hydroxyl groups is 1. The van der Waals surface area contributed by atoms with Crippen LogP contribution in [0.15, 0.2) is 45.3 Å². The van der Waals surface area contributed by atoms with Crippen LogP contribution in [-0.2, 0) is 9.47 Å². The summed E-state index contributed by atoms with van der Waals surface area (Å²) in [7, 11) is 0. The Bertz CT molecular complexity index is 767. The summed E-state index contributed by atoms with van der Waals surface area (Å²) >= 11 is 9.81. The molecule has 0 amide bonds. The minimum atomic E-state index is -1.11. The first-order valence-corrected chi connectivity index (χ1v) is 9.20. The standard InChI is InChI=1S/C8H4Br2O2.C8H5BrO3/c9-4-1-2-5-6(3-4)7(10)12-8(5)11;9-4-1-2-5-6(3-4)8(11)12-7(5)10/h1-3,7H;1-3,8,11H. The third-order valence-electron chi connectivity index (χ3n) is 3.41. The monoisotopic (exact) mass is 518 g/mol. The third kappa shape index (κ3) is 3.42. The van der Waals surface area contributed by atoms with Gasteiger partial charge in [0.1, 0.15) is 0 Å². The van der Waals surface area contributed by atoms with Gasteiger partial charge < -0.3 is 14.6 Å². The Morgan fingerprint density at radius 3 is 1.96 bits per heavy atom. The average Bonchev–Trinajstić information content (AvgIpc) is 2.96. The molecule has 24 heavy (non-hydrogen) atoms. The number of aliphatic hydroxyl groups excluding tert-OH is 1. The van der Waals surface area contributed by atoms with Gasteiger partial charge in [0, 0.05) is 20.1 Å². The number of cyclic esters (lactones) is 2. The Balaban J connectivity index is 0.000000141. The van der Waals surface area contributed by atoms with Gasteiger partial charge in [0.05, 0.1) is 11.1 Å². The lowest BCUT2D eigenvalue weighted by Gasteiger charge is -2.00. The molecule has 5 nitrogen and oxygen atoms in total. The maximum absolute atomic E-state index is 11.1. The van der Waals surface area contributed by atoms with Crippen LogP contribution in [-0.4, -0.2) is 17.0 Å². The molecule has 2 atom stereocenters. The van der Waals surface area contributed by atoms with Crippen molar-refractivity contribution in [3.8, 4) is 0 Å². The second kappa shape index (κ2) is 6.95. The summed E-state index contributed by atoms with van der Waals surface area (Å²) in [4.78, 5) is 22.1. The first-order valence-electron chi connectivity index (χ1n) is 6.70. The third-order valence-corrected chi connectivity index (χ3v) is 5.07. The maximum Gasteiger partial charge on any atom is 0.341 e. The van der Waals surface area contributed by atoms with Crippen molar-refractivity contribution in [2.24, 2.45) is 0 Å². The lowest BCUT2D eigenvalue weighted by atomic mass is 10.1. The number of hydrogen-bond acceptors (Lipinski definition) is 5. The number of carbonyl (C=O) groups excluding carboxylic acids is 2. The number of ether oxygens (including phenoxy) is 2. The van der Waals surface area contributed by atoms with Gasteiger partial charge in [0.15, 0.2) is 5.01 Å². The number of hydrogen-bond donors (Lipinski definition) is 1. The molecule has 0 aliphatic carbocycles. The molecule has 4 rings (SSSR count). The van der Waals surface area contributed by atoms with E-state index in [0.29, 0.717) is 16.7 Å². The molecule has 124 valence electrons. The van der Waals surface area contributed by atoms with E-state index in [1.165, 1.54) is 0 Å². The van der Waals surface area contributed by atoms with Crippen LogP contribution < -0.4 is 0 Å². The largest absolute Gasteiger partial charge is 0.442 e. The van der Waals surface area contributed by atoms with Crippen LogP contribution in [0.4, 0.5) is 0 Å². The van der Waals surface area contributed by atoms with Crippen LogP contribution in [0, 0.1) is 0 Å². The van der Waals surface area contributed by atoms with E-state index in [-0.39, 0.29) is 11.0 Å². The molecule has 2 aromatic rings. The predicted molar refractivity (Wildman–Crippen MR) is 95.7 cm³/mol. The zero-order valence-corrected chi connectivity index (χ0v) is 16.6. The Kier molecular flexibility index (Phi) is 5.10. The Morgan fingerprint density at radius 2 is 1.33 bits per heavy atom. The fourth-order valence-corrected chi connectivity index (χ4v) is 3.59. The molecular formula is C16H9Br3O5. The summed E-state index contributed by atoms with van der Waals surface area (Å²) in [6.07, 6.45) is -1.11. The van der Waals surface area contributed by atoms with Gasteiger partial charge in [-0.2, -0.15) is 0 Å². The average molecular weight is 521 g/mol. The van der Waals surface area contributed by atoms with Gasteiger partial charge in [-0.3, -0.25) is 0 Å².